The number of hydrogen-bond acceptors (Lipinski definition) is 1. The van der Waals surface area contributed by atoms with Crippen LogP contribution in [0, 0.1) is 0 Å². The minimum Gasteiger partial charge on any atom is -0.457 e. The van der Waals surface area contributed by atoms with Crippen LogP contribution in [0.4, 0.5) is 0 Å². The zero-order valence-electron chi connectivity index (χ0n) is 51.4. The SMILES string of the molecule is Bc1c(B)c(-c2c(B)c3c(B)c(B)c(B)c(B)c3c3c(B)c(B)c(B)c(B)c23)c(B)c(B)c1-c1c2c(B)c(B)c(B)c(B)c2c(-c2c(B)c(B)c3oc4c(B)c(B)c(B)c(B)c4c3c2B)c2c(B)c(B)c(B)c(B)c12. The zero-order chi connectivity index (χ0) is 55.3. The lowest BCUT2D eigenvalue weighted by Gasteiger charge is -2.32. The maximum Gasteiger partial charge on any atom is 0.143 e. The molecule has 330 valence electrons. The Balaban J connectivity index is 1.46. The molecule has 10 rings (SSSR count). The van der Waals surface area contributed by atoms with Crippen molar-refractivity contribution in [2.45, 2.75) is 0 Å². The lowest BCUT2D eigenvalue weighted by molar-refractivity contribution is 0.675. The van der Waals surface area contributed by atoms with Gasteiger partial charge in [0.1, 0.15) is 231 Å². The van der Waals surface area contributed by atoms with E-state index in [2.05, 4.69) is 220 Å². The molecule has 1 heterocycles. The molecular formula is C46H56B28O. The topological polar surface area (TPSA) is 13.1 Å². The van der Waals surface area contributed by atoms with Crippen LogP contribution < -0.4 is 153 Å². The van der Waals surface area contributed by atoms with Crippen LogP contribution in [0.1, 0.15) is 0 Å². The van der Waals surface area contributed by atoms with Crippen LogP contribution in [0.2, 0.25) is 0 Å². The van der Waals surface area contributed by atoms with E-state index >= 15 is 0 Å². The van der Waals surface area contributed by atoms with E-state index < -0.39 is 0 Å². The Morgan fingerprint density at radius 2 is 0.307 bits per heavy atom. The van der Waals surface area contributed by atoms with E-state index in [9.17, 15) is 0 Å². The second kappa shape index (κ2) is 18.1. The van der Waals surface area contributed by atoms with Gasteiger partial charge in [-0.15, -0.1) is 49.2 Å². The first-order chi connectivity index (χ1) is 35.0. The van der Waals surface area contributed by atoms with E-state index in [-0.39, 0.29) is 0 Å². The first kappa shape index (κ1) is 54.0. The molecule has 0 aliphatic carbocycles. The summed E-state index contributed by atoms with van der Waals surface area (Å²) in [7, 11) is 66.5. The molecule has 0 unspecified atom stereocenters. The first-order valence-corrected chi connectivity index (χ1v) is 27.9. The minimum atomic E-state index is 1.03. The minimum absolute atomic E-state index is 1.03. The predicted molar refractivity (Wildman–Crippen MR) is 429 cm³/mol. The first-order valence-electron chi connectivity index (χ1n) is 27.9. The Bertz CT molecular complexity index is 4330. The Labute approximate surface area is 472 Å². The lowest BCUT2D eigenvalue weighted by Crippen LogP contribution is -2.52. The fraction of sp³-hybridized carbons (Fsp3) is 0. The molecule has 0 fully saturated rings. The molecule has 0 saturated heterocycles. The quantitative estimate of drug-likeness (QED) is 0.0978. The summed E-state index contributed by atoms with van der Waals surface area (Å²) in [5.74, 6) is 0. The maximum atomic E-state index is 7.08. The number of benzene rings is 9. The standard InChI is InChI=1S/C46H56B28O/c47-17-9(7-8(24(54)38(68)37(67)23(7)53)10-13(17)30(60)40(70)39(69)25(10)55)14-28(58)26(56)12(27(57)29(14)59)2-5-3(19(49)33(63)35(65)21(5)51)1(4-6(2)22(52)36(66)34(64)20(4)50)11-18(48)15-16-32(62)41(71)42(72)44(74)46(16)75-45(15)43(73)31(11)61/h47-74H2. The van der Waals surface area contributed by atoms with E-state index in [1.54, 1.807) is 0 Å². The van der Waals surface area contributed by atoms with Gasteiger partial charge in [-0.1, -0.05) is 104 Å². The Morgan fingerprint density at radius 3 is 0.653 bits per heavy atom. The van der Waals surface area contributed by atoms with Gasteiger partial charge in [-0.25, -0.2) is 0 Å². The lowest BCUT2D eigenvalue weighted by atomic mass is 9.55. The summed E-state index contributed by atoms with van der Waals surface area (Å²) in [4.78, 5) is 0. The van der Waals surface area contributed by atoms with Gasteiger partial charge < -0.3 is 4.42 Å². The smallest absolute Gasteiger partial charge is 0.143 e. The molecular weight excluding hydrogens is 871 g/mol. The van der Waals surface area contributed by atoms with Gasteiger partial charge in [0.15, 0.2) is 0 Å². The van der Waals surface area contributed by atoms with E-state index in [0.717, 1.165) is 11.2 Å². The van der Waals surface area contributed by atoms with Crippen molar-refractivity contribution in [1.29, 1.82) is 0 Å². The second-order valence-corrected chi connectivity index (χ2v) is 24.3. The molecule has 0 atom stereocenters. The van der Waals surface area contributed by atoms with Gasteiger partial charge in [-0.05, 0) is 76.5 Å². The summed E-state index contributed by atoms with van der Waals surface area (Å²) in [6.45, 7) is 0. The molecule has 0 N–H and O–H groups in total. The van der Waals surface area contributed by atoms with E-state index in [1.807, 2.05) is 0 Å². The van der Waals surface area contributed by atoms with Crippen molar-refractivity contribution >= 4 is 438 Å². The third kappa shape index (κ3) is 6.85. The molecule has 0 radical (unpaired) electrons. The van der Waals surface area contributed by atoms with Crippen LogP contribution >= 0.6 is 0 Å². The Kier molecular flexibility index (Phi) is 13.0. The molecule has 0 amide bonds. The predicted octanol–water partition coefficient (Wildman–Crippen LogP) is -35.6. The summed E-state index contributed by atoms with van der Waals surface area (Å²) >= 11 is 0. The van der Waals surface area contributed by atoms with Gasteiger partial charge in [0.25, 0.3) is 0 Å². The van der Waals surface area contributed by atoms with Crippen LogP contribution in [0.5, 0.6) is 0 Å². The van der Waals surface area contributed by atoms with Crippen LogP contribution in [0.25, 0.3) is 98.4 Å². The average Bonchev–Trinajstić information content (AvgIpc) is 3.85. The van der Waals surface area contributed by atoms with Crippen molar-refractivity contribution in [3.05, 3.63) is 0 Å². The Morgan fingerprint density at radius 1 is 0.120 bits per heavy atom. The molecule has 0 spiro atoms. The number of hydrogen-bond donors (Lipinski definition) is 0. The molecule has 1 aromatic heterocycles. The van der Waals surface area contributed by atoms with Crippen LogP contribution in [0.3, 0.4) is 0 Å². The third-order valence-electron chi connectivity index (χ3n) is 21.7. The molecule has 10 aromatic rings. The normalized spacial score (nSPS) is 11.9. The van der Waals surface area contributed by atoms with E-state index in [4.69, 9.17) is 4.42 Å². The van der Waals surface area contributed by atoms with E-state index in [1.165, 1.54) is 240 Å². The van der Waals surface area contributed by atoms with Crippen LogP contribution in [-0.2, 0) is 0 Å². The van der Waals surface area contributed by atoms with Gasteiger partial charge in [-0.2, -0.15) is 0 Å². The van der Waals surface area contributed by atoms with Crippen LogP contribution in [-0.4, -0.2) is 220 Å². The zero-order valence-corrected chi connectivity index (χ0v) is 51.4. The van der Waals surface area contributed by atoms with Crippen molar-refractivity contribution in [3.8, 4) is 33.4 Å². The van der Waals surface area contributed by atoms with Gasteiger partial charge in [-0.3, -0.25) is 0 Å². The van der Waals surface area contributed by atoms with Gasteiger partial charge >= 0.3 is 0 Å². The van der Waals surface area contributed by atoms with Gasteiger partial charge in [0, 0.05) is 10.8 Å². The Hall–Kier alpha value is -4.36. The maximum absolute atomic E-state index is 7.08. The molecule has 75 heavy (non-hydrogen) atoms. The van der Waals surface area contributed by atoms with Crippen molar-refractivity contribution in [2.75, 3.05) is 0 Å². The molecule has 0 aliphatic heterocycles. The summed E-state index contributed by atoms with van der Waals surface area (Å²) in [6.07, 6.45) is 0. The molecule has 29 heteroatoms. The molecule has 1 nitrogen and oxygen atoms in total. The summed E-state index contributed by atoms with van der Waals surface area (Å²) in [6, 6.07) is 0. The van der Waals surface area contributed by atoms with Crippen LogP contribution in [0.15, 0.2) is 4.42 Å². The van der Waals surface area contributed by atoms with Gasteiger partial charge in [0.05, 0.1) is 0 Å². The summed E-state index contributed by atoms with van der Waals surface area (Å²) in [5.41, 5.74) is 48.7. The highest BCUT2D eigenvalue weighted by molar-refractivity contribution is 6.78. The van der Waals surface area contributed by atoms with Gasteiger partial charge in [0.2, 0.25) is 0 Å². The van der Waals surface area contributed by atoms with E-state index in [0.29, 0.717) is 0 Å². The average molecular weight is 928 g/mol. The highest BCUT2D eigenvalue weighted by Gasteiger charge is 2.32. The third-order valence-corrected chi connectivity index (χ3v) is 21.7. The fourth-order valence-corrected chi connectivity index (χ4v) is 15.1. The highest BCUT2D eigenvalue weighted by atomic mass is 16.3. The fourth-order valence-electron chi connectivity index (χ4n) is 15.1. The number of rotatable bonds is 3. The van der Waals surface area contributed by atoms with Crippen molar-refractivity contribution in [2.24, 2.45) is 0 Å². The monoisotopic (exact) mass is 933 g/mol. The molecule has 0 saturated carbocycles. The molecule has 9 aromatic carbocycles. The largest absolute Gasteiger partial charge is 0.457 e. The van der Waals surface area contributed by atoms with Crippen molar-refractivity contribution < 1.29 is 4.42 Å². The summed E-state index contributed by atoms with van der Waals surface area (Å²) < 4.78 is 7.08. The van der Waals surface area contributed by atoms with Crippen molar-refractivity contribution in [3.63, 3.8) is 0 Å². The second-order valence-electron chi connectivity index (χ2n) is 24.3. The molecule has 0 bridgehead atoms. The van der Waals surface area contributed by atoms with Crippen molar-refractivity contribution in [1.82, 2.24) is 0 Å². The highest BCUT2D eigenvalue weighted by Crippen LogP contribution is 2.40. The number of furan rings is 1. The molecule has 0 aliphatic rings. The summed E-state index contributed by atoms with van der Waals surface area (Å²) in [5, 5.41) is 13.9. The number of fused-ring (bicyclic) bond motifs is 8.